The molecular weight excluding hydrogens is 276 g/mol. The van der Waals surface area contributed by atoms with Crippen molar-refractivity contribution in [2.75, 3.05) is 0 Å². The molecule has 1 heterocycles. The van der Waals surface area contributed by atoms with E-state index in [1.807, 2.05) is 0 Å². The Bertz CT molecular complexity index is 374. The van der Waals surface area contributed by atoms with Gasteiger partial charge in [0.1, 0.15) is 18.6 Å². The van der Waals surface area contributed by atoms with E-state index >= 15 is 0 Å². The van der Waals surface area contributed by atoms with Crippen LogP contribution in [0.15, 0.2) is 21.5 Å². The number of rotatable bonds is 6. The van der Waals surface area contributed by atoms with Crippen molar-refractivity contribution < 1.29 is 14.3 Å². The molecule has 1 rings (SSSR count). The van der Waals surface area contributed by atoms with Gasteiger partial charge in [-0.05, 0) is 28.8 Å². The van der Waals surface area contributed by atoms with Gasteiger partial charge in [0.05, 0.1) is 0 Å². The summed E-state index contributed by atoms with van der Waals surface area (Å²) in [6, 6.07) is 1.23. The Morgan fingerprint density at radius 2 is 2.38 bits per heavy atom. The molecule has 1 atom stereocenters. The van der Waals surface area contributed by atoms with E-state index in [4.69, 9.17) is 14.3 Å². The maximum absolute atomic E-state index is 11.5. The minimum atomic E-state index is -0.289. The molecule has 0 aliphatic rings. The lowest BCUT2D eigenvalue weighted by Gasteiger charge is -2.11. The van der Waals surface area contributed by atoms with Crippen LogP contribution in [-0.4, -0.2) is 10.1 Å². The van der Waals surface area contributed by atoms with E-state index in [9.17, 15) is 4.79 Å². The maximum Gasteiger partial charge on any atom is 0.227 e. The largest absolute Gasteiger partial charge is 0.472 e. The Morgan fingerprint density at radius 1 is 1.62 bits per heavy atom. The molecule has 1 aromatic rings. The molecule has 0 fully saturated rings. The van der Waals surface area contributed by atoms with Crippen LogP contribution in [0.25, 0.3) is 0 Å². The fraction of sp³-hybridized carbons (Fsp3) is 0.545. The third kappa shape index (κ3) is 3.98. The zero-order valence-electron chi connectivity index (χ0n) is 9.11. The first kappa shape index (κ1) is 13.3. The SMILES string of the molecule is CCCCC(Br)Oc1coc(CO)cc1=O. The van der Waals surface area contributed by atoms with Gasteiger partial charge in [0.15, 0.2) is 5.01 Å². The van der Waals surface area contributed by atoms with E-state index in [2.05, 4.69) is 22.9 Å². The maximum atomic E-state index is 11.5. The molecule has 0 saturated heterocycles. The monoisotopic (exact) mass is 290 g/mol. The molecule has 0 amide bonds. The van der Waals surface area contributed by atoms with Crippen molar-refractivity contribution >= 4 is 15.9 Å². The van der Waals surface area contributed by atoms with Crippen LogP contribution in [0.5, 0.6) is 5.75 Å². The Hall–Kier alpha value is -0.810. The summed E-state index contributed by atoms with van der Waals surface area (Å²) in [5.74, 6) is 0.396. The highest BCUT2D eigenvalue weighted by Gasteiger charge is 2.09. The predicted octanol–water partition coefficient (Wildman–Crippen LogP) is 2.42. The molecule has 90 valence electrons. The van der Waals surface area contributed by atoms with Crippen molar-refractivity contribution in [3.63, 3.8) is 0 Å². The molecule has 1 N–H and O–H groups in total. The van der Waals surface area contributed by atoms with Crippen molar-refractivity contribution in [1.29, 1.82) is 0 Å². The number of aliphatic hydroxyl groups excluding tert-OH is 1. The first-order valence-corrected chi connectivity index (χ1v) is 6.12. The quantitative estimate of drug-likeness (QED) is 0.818. The van der Waals surface area contributed by atoms with Crippen LogP contribution in [0.1, 0.15) is 31.9 Å². The van der Waals surface area contributed by atoms with Crippen LogP contribution in [0.4, 0.5) is 0 Å². The van der Waals surface area contributed by atoms with Crippen LogP contribution in [-0.2, 0) is 6.61 Å². The van der Waals surface area contributed by atoms with Crippen LogP contribution in [0.3, 0.4) is 0 Å². The average molecular weight is 291 g/mol. The molecule has 0 aromatic carbocycles. The van der Waals surface area contributed by atoms with E-state index in [-0.39, 0.29) is 28.6 Å². The Balaban J connectivity index is 2.63. The Morgan fingerprint density at radius 3 is 2.94 bits per heavy atom. The van der Waals surface area contributed by atoms with Gasteiger partial charge in [0, 0.05) is 6.07 Å². The summed E-state index contributed by atoms with van der Waals surface area (Å²) < 4.78 is 10.4. The summed E-state index contributed by atoms with van der Waals surface area (Å²) in [5, 5.41) is 8.58. The topological polar surface area (TPSA) is 59.7 Å². The normalized spacial score (nSPS) is 12.4. The summed E-state index contributed by atoms with van der Waals surface area (Å²) in [5.41, 5.74) is -0.281. The third-order valence-electron chi connectivity index (χ3n) is 2.05. The van der Waals surface area contributed by atoms with Crippen molar-refractivity contribution in [2.45, 2.75) is 37.8 Å². The molecular formula is C11H15BrO4. The fourth-order valence-electron chi connectivity index (χ4n) is 1.17. The average Bonchev–Trinajstić information content (AvgIpc) is 2.29. The highest BCUT2D eigenvalue weighted by atomic mass is 79.9. The number of unbranched alkanes of at least 4 members (excludes halogenated alkanes) is 1. The van der Waals surface area contributed by atoms with E-state index < -0.39 is 0 Å². The summed E-state index contributed by atoms with van der Waals surface area (Å²) in [7, 11) is 0. The van der Waals surface area contributed by atoms with Crippen LogP contribution in [0.2, 0.25) is 0 Å². The number of halogens is 1. The Labute approximate surface area is 102 Å². The number of hydrogen-bond acceptors (Lipinski definition) is 4. The number of ether oxygens (including phenoxy) is 1. The van der Waals surface area contributed by atoms with Crippen molar-refractivity contribution in [3.05, 3.63) is 28.3 Å². The minimum absolute atomic E-state index is 0.162. The second kappa shape index (κ2) is 6.70. The first-order valence-electron chi connectivity index (χ1n) is 5.20. The summed E-state index contributed by atoms with van der Waals surface area (Å²) in [4.78, 5) is 11.5. The predicted molar refractivity (Wildman–Crippen MR) is 63.8 cm³/mol. The summed E-state index contributed by atoms with van der Waals surface area (Å²) in [6.07, 6.45) is 4.16. The van der Waals surface area contributed by atoms with Gasteiger partial charge in [0.2, 0.25) is 11.2 Å². The lowest BCUT2D eigenvalue weighted by molar-refractivity contribution is 0.232. The molecule has 0 aliphatic carbocycles. The summed E-state index contributed by atoms with van der Waals surface area (Å²) >= 11 is 3.33. The molecule has 0 radical (unpaired) electrons. The van der Waals surface area contributed by atoms with E-state index in [1.165, 1.54) is 12.3 Å². The Kier molecular flexibility index (Phi) is 5.55. The molecule has 4 nitrogen and oxygen atoms in total. The van der Waals surface area contributed by atoms with Gasteiger partial charge < -0.3 is 14.3 Å². The minimum Gasteiger partial charge on any atom is -0.472 e. The molecule has 1 unspecified atom stereocenters. The number of aliphatic hydroxyl groups is 1. The lowest BCUT2D eigenvalue weighted by Crippen LogP contribution is -2.14. The zero-order chi connectivity index (χ0) is 12.0. The van der Waals surface area contributed by atoms with Gasteiger partial charge in [-0.15, -0.1) is 0 Å². The van der Waals surface area contributed by atoms with Crippen LogP contribution < -0.4 is 10.2 Å². The number of hydrogen-bond donors (Lipinski definition) is 1. The highest BCUT2D eigenvalue weighted by molar-refractivity contribution is 9.09. The van der Waals surface area contributed by atoms with Crippen molar-refractivity contribution in [1.82, 2.24) is 0 Å². The van der Waals surface area contributed by atoms with E-state index in [1.54, 1.807) is 0 Å². The second-order valence-electron chi connectivity index (χ2n) is 3.40. The fourth-order valence-corrected chi connectivity index (χ4v) is 1.69. The number of alkyl halides is 1. The zero-order valence-corrected chi connectivity index (χ0v) is 10.7. The van der Waals surface area contributed by atoms with Crippen LogP contribution in [0, 0.1) is 0 Å². The van der Waals surface area contributed by atoms with E-state index in [0.29, 0.717) is 0 Å². The standard InChI is InChI=1S/C11H15BrO4/c1-2-3-4-11(12)16-10-7-15-8(6-13)5-9(10)14/h5,7,11,13H,2-4,6H2,1H3. The van der Waals surface area contributed by atoms with Gasteiger partial charge in [-0.3, -0.25) is 4.79 Å². The highest BCUT2D eigenvalue weighted by Crippen LogP contribution is 2.15. The molecule has 5 heteroatoms. The molecule has 1 aromatic heterocycles. The smallest absolute Gasteiger partial charge is 0.227 e. The van der Waals surface area contributed by atoms with Gasteiger partial charge in [-0.2, -0.15) is 0 Å². The first-order chi connectivity index (χ1) is 7.67. The molecule has 16 heavy (non-hydrogen) atoms. The third-order valence-corrected chi connectivity index (χ3v) is 2.69. The van der Waals surface area contributed by atoms with Crippen LogP contribution >= 0.6 is 15.9 Å². The molecule has 0 spiro atoms. The van der Waals surface area contributed by atoms with Gasteiger partial charge >= 0.3 is 0 Å². The van der Waals surface area contributed by atoms with Gasteiger partial charge in [0.25, 0.3) is 0 Å². The molecule has 0 aliphatic heterocycles. The van der Waals surface area contributed by atoms with Gasteiger partial charge in [-0.25, -0.2) is 0 Å². The second-order valence-corrected chi connectivity index (χ2v) is 4.42. The molecule has 0 saturated carbocycles. The van der Waals surface area contributed by atoms with Gasteiger partial charge in [-0.1, -0.05) is 13.3 Å². The van der Waals surface area contributed by atoms with Crippen molar-refractivity contribution in [2.24, 2.45) is 0 Å². The summed E-state index contributed by atoms with van der Waals surface area (Å²) in [6.45, 7) is 1.80. The van der Waals surface area contributed by atoms with Crippen molar-refractivity contribution in [3.8, 4) is 5.75 Å². The lowest BCUT2D eigenvalue weighted by atomic mass is 10.3. The van der Waals surface area contributed by atoms with E-state index in [0.717, 1.165) is 19.3 Å². The molecule has 0 bridgehead atoms.